The van der Waals surface area contributed by atoms with E-state index in [2.05, 4.69) is 0 Å². The number of imide groups is 1. The molecule has 3 amide bonds. The van der Waals surface area contributed by atoms with Crippen molar-refractivity contribution in [2.75, 3.05) is 19.6 Å². The zero-order valence-corrected chi connectivity index (χ0v) is 17.0. The van der Waals surface area contributed by atoms with Crippen LogP contribution in [0.5, 0.6) is 0 Å². The summed E-state index contributed by atoms with van der Waals surface area (Å²) in [4.78, 5) is 40.5. The minimum atomic E-state index is -0.387. The van der Waals surface area contributed by atoms with Gasteiger partial charge in [0.1, 0.15) is 6.54 Å². The predicted molar refractivity (Wildman–Crippen MR) is 105 cm³/mol. The number of carbonyl (C=O) groups is 3. The number of nitrogens with zero attached hydrogens (tertiary/aromatic N) is 3. The van der Waals surface area contributed by atoms with Gasteiger partial charge in [-0.2, -0.15) is 0 Å². The molecule has 1 aliphatic rings. The van der Waals surface area contributed by atoms with E-state index in [0.29, 0.717) is 18.0 Å². The van der Waals surface area contributed by atoms with Gasteiger partial charge in [0.2, 0.25) is 5.91 Å². The van der Waals surface area contributed by atoms with E-state index in [-0.39, 0.29) is 23.6 Å². The van der Waals surface area contributed by atoms with Gasteiger partial charge in [-0.15, -0.1) is 0 Å². The van der Waals surface area contributed by atoms with E-state index in [1.54, 1.807) is 11.0 Å². The number of thioether (sulfide) groups is 1. The van der Waals surface area contributed by atoms with Crippen molar-refractivity contribution in [3.05, 3.63) is 27.9 Å². The van der Waals surface area contributed by atoms with Crippen molar-refractivity contribution in [1.29, 1.82) is 0 Å². The van der Waals surface area contributed by atoms with Gasteiger partial charge in [0.15, 0.2) is 0 Å². The molecule has 0 saturated carbocycles. The molecular formula is C19H27N3O3S. The third-order valence-electron chi connectivity index (χ3n) is 4.61. The Morgan fingerprint density at radius 2 is 1.81 bits per heavy atom. The number of hydrogen-bond donors (Lipinski definition) is 0. The van der Waals surface area contributed by atoms with Gasteiger partial charge in [-0.3, -0.25) is 19.3 Å². The first-order valence-electron chi connectivity index (χ1n) is 8.96. The van der Waals surface area contributed by atoms with Crippen LogP contribution in [-0.4, -0.2) is 51.1 Å². The summed E-state index contributed by atoms with van der Waals surface area (Å²) in [6.45, 7) is 9.06. The molecule has 1 aromatic rings. The van der Waals surface area contributed by atoms with Crippen LogP contribution in [0.25, 0.3) is 6.08 Å². The zero-order valence-electron chi connectivity index (χ0n) is 16.2. The van der Waals surface area contributed by atoms with Gasteiger partial charge >= 0.3 is 0 Å². The summed E-state index contributed by atoms with van der Waals surface area (Å²) in [6.07, 6.45) is 3.44. The molecule has 2 heterocycles. The van der Waals surface area contributed by atoms with Gasteiger partial charge in [0.25, 0.3) is 11.1 Å². The highest BCUT2D eigenvalue weighted by molar-refractivity contribution is 8.18. The highest BCUT2D eigenvalue weighted by Crippen LogP contribution is 2.33. The summed E-state index contributed by atoms with van der Waals surface area (Å²) in [5.74, 6) is -0.564. The Morgan fingerprint density at radius 1 is 1.19 bits per heavy atom. The van der Waals surface area contributed by atoms with Gasteiger partial charge in [-0.25, -0.2) is 0 Å². The highest BCUT2D eigenvalue weighted by Gasteiger charge is 2.37. The van der Waals surface area contributed by atoms with Gasteiger partial charge in [-0.1, -0.05) is 13.8 Å². The van der Waals surface area contributed by atoms with Gasteiger partial charge in [0, 0.05) is 31.5 Å². The lowest BCUT2D eigenvalue weighted by atomic mass is 10.2. The molecule has 0 bridgehead atoms. The molecule has 0 atom stereocenters. The second-order valence-corrected chi connectivity index (χ2v) is 7.53. The highest BCUT2D eigenvalue weighted by atomic mass is 32.2. The van der Waals surface area contributed by atoms with E-state index >= 15 is 0 Å². The smallest absolute Gasteiger partial charge is 0.294 e. The molecule has 26 heavy (non-hydrogen) atoms. The Kier molecular flexibility index (Phi) is 6.69. The van der Waals surface area contributed by atoms with E-state index in [1.807, 2.05) is 45.4 Å². The van der Waals surface area contributed by atoms with Gasteiger partial charge in [0.05, 0.1) is 4.91 Å². The van der Waals surface area contributed by atoms with E-state index in [4.69, 9.17) is 0 Å². The quantitative estimate of drug-likeness (QED) is 0.684. The summed E-state index contributed by atoms with van der Waals surface area (Å²) in [6, 6.07) is 1.98. The molecule has 2 rings (SSSR count). The minimum Gasteiger partial charge on any atom is -0.352 e. The Hall–Kier alpha value is -2.02. The molecule has 142 valence electrons. The van der Waals surface area contributed by atoms with Crippen molar-refractivity contribution in [2.24, 2.45) is 7.05 Å². The van der Waals surface area contributed by atoms with Crippen molar-refractivity contribution >= 4 is 34.9 Å². The number of aromatic nitrogens is 1. The first kappa shape index (κ1) is 20.3. The molecule has 0 unspecified atom stereocenters. The minimum absolute atomic E-state index is 0.177. The fourth-order valence-electron chi connectivity index (χ4n) is 2.94. The van der Waals surface area contributed by atoms with Gasteiger partial charge in [-0.05, 0) is 56.2 Å². The Morgan fingerprint density at radius 3 is 2.31 bits per heavy atom. The molecule has 1 fully saturated rings. The van der Waals surface area contributed by atoms with Crippen LogP contribution >= 0.6 is 11.8 Å². The Labute approximate surface area is 159 Å². The number of rotatable bonds is 7. The summed E-state index contributed by atoms with van der Waals surface area (Å²) in [7, 11) is 1.96. The fourth-order valence-corrected chi connectivity index (χ4v) is 3.77. The lowest BCUT2D eigenvalue weighted by molar-refractivity contribution is -0.135. The topological polar surface area (TPSA) is 62.6 Å². The van der Waals surface area contributed by atoms with Crippen LogP contribution in [0.2, 0.25) is 0 Å². The maximum absolute atomic E-state index is 12.6. The maximum Gasteiger partial charge on any atom is 0.294 e. The Balaban J connectivity index is 2.16. The SMILES string of the molecule is CCCN(CCC)C(=O)CN1C(=O)S/C(=C\c2cc(C)n(C)c2C)C1=O. The zero-order chi connectivity index (χ0) is 19.4. The van der Waals surface area contributed by atoms with Crippen LogP contribution in [-0.2, 0) is 16.6 Å². The average molecular weight is 378 g/mol. The van der Waals surface area contributed by atoms with Crippen molar-refractivity contribution in [3.63, 3.8) is 0 Å². The Bertz CT molecular complexity index is 745. The second kappa shape index (κ2) is 8.58. The molecule has 0 radical (unpaired) electrons. The predicted octanol–water partition coefficient (Wildman–Crippen LogP) is 3.33. The van der Waals surface area contributed by atoms with Crippen molar-refractivity contribution < 1.29 is 14.4 Å². The van der Waals surface area contributed by atoms with Crippen LogP contribution < -0.4 is 0 Å². The fraction of sp³-hybridized carbons (Fsp3) is 0.526. The standard InChI is InChI=1S/C19H27N3O3S/c1-6-8-21(9-7-2)17(23)12-22-18(24)16(26-19(22)25)11-15-10-13(3)20(5)14(15)4/h10-11H,6-9,12H2,1-5H3/b16-11-. The molecule has 7 heteroatoms. The molecule has 1 aliphatic heterocycles. The molecule has 0 spiro atoms. The first-order valence-corrected chi connectivity index (χ1v) is 9.77. The van der Waals surface area contributed by atoms with E-state index in [9.17, 15) is 14.4 Å². The van der Waals surface area contributed by atoms with E-state index < -0.39 is 0 Å². The van der Waals surface area contributed by atoms with E-state index in [0.717, 1.165) is 46.5 Å². The second-order valence-electron chi connectivity index (χ2n) is 6.53. The molecule has 1 saturated heterocycles. The average Bonchev–Trinajstić information content (AvgIpc) is 2.99. The third kappa shape index (κ3) is 4.20. The number of amides is 3. The monoisotopic (exact) mass is 377 g/mol. The van der Waals surface area contributed by atoms with Crippen LogP contribution in [0, 0.1) is 13.8 Å². The third-order valence-corrected chi connectivity index (χ3v) is 5.52. The molecule has 0 aromatic carbocycles. The maximum atomic E-state index is 12.6. The van der Waals surface area contributed by atoms with Crippen molar-refractivity contribution in [3.8, 4) is 0 Å². The van der Waals surface area contributed by atoms with E-state index in [1.165, 1.54) is 0 Å². The van der Waals surface area contributed by atoms with Crippen LogP contribution in [0.15, 0.2) is 11.0 Å². The van der Waals surface area contributed by atoms with Crippen molar-refractivity contribution in [1.82, 2.24) is 14.4 Å². The normalized spacial score (nSPS) is 16.0. The molecule has 0 aliphatic carbocycles. The molecule has 1 aromatic heterocycles. The molecule has 0 N–H and O–H groups in total. The number of carbonyl (C=O) groups excluding carboxylic acids is 3. The lowest BCUT2D eigenvalue weighted by Gasteiger charge is -2.23. The lowest BCUT2D eigenvalue weighted by Crippen LogP contribution is -2.42. The van der Waals surface area contributed by atoms with Crippen LogP contribution in [0.3, 0.4) is 0 Å². The van der Waals surface area contributed by atoms with Gasteiger partial charge < -0.3 is 9.47 Å². The van der Waals surface area contributed by atoms with Crippen LogP contribution in [0.1, 0.15) is 43.6 Å². The summed E-state index contributed by atoms with van der Waals surface area (Å²) in [5, 5.41) is -0.382. The van der Waals surface area contributed by atoms with Crippen LogP contribution in [0.4, 0.5) is 4.79 Å². The largest absolute Gasteiger partial charge is 0.352 e. The summed E-state index contributed by atoms with van der Waals surface area (Å²) >= 11 is 0.899. The summed E-state index contributed by atoms with van der Waals surface area (Å²) < 4.78 is 2.03. The van der Waals surface area contributed by atoms with Crippen molar-refractivity contribution in [2.45, 2.75) is 40.5 Å². The summed E-state index contributed by atoms with van der Waals surface area (Å²) in [5.41, 5.74) is 3.03. The number of hydrogen-bond acceptors (Lipinski definition) is 4. The molecular weight excluding hydrogens is 350 g/mol. The molecule has 6 nitrogen and oxygen atoms in total. The number of aryl methyl sites for hydroxylation is 1. The first-order chi connectivity index (χ1) is 12.3.